The fourth-order valence-electron chi connectivity index (χ4n) is 2.76. The summed E-state index contributed by atoms with van der Waals surface area (Å²) in [6.07, 6.45) is 2.04. The van der Waals surface area contributed by atoms with E-state index in [-0.39, 0.29) is 5.92 Å². The summed E-state index contributed by atoms with van der Waals surface area (Å²) in [4.78, 5) is 13.7. The van der Waals surface area contributed by atoms with E-state index in [0.29, 0.717) is 5.02 Å². The highest BCUT2D eigenvalue weighted by Crippen LogP contribution is 2.32. The Morgan fingerprint density at radius 2 is 2.11 bits per heavy atom. The standard InChI is InChI=1S/C14H18ClNO2/c1-16-8-2-3-11(9-16)13(14(17)18)10-4-6-12(15)7-5-10/h4-7,11,13H,2-3,8-9H2,1H3,(H,17,18). The maximum Gasteiger partial charge on any atom is 0.311 e. The summed E-state index contributed by atoms with van der Waals surface area (Å²) in [7, 11) is 2.05. The second-order valence-electron chi connectivity index (χ2n) is 5.03. The van der Waals surface area contributed by atoms with Crippen LogP contribution >= 0.6 is 11.6 Å². The van der Waals surface area contributed by atoms with Gasteiger partial charge in [-0.05, 0) is 50.0 Å². The van der Waals surface area contributed by atoms with Gasteiger partial charge >= 0.3 is 5.97 Å². The molecule has 98 valence electrons. The summed E-state index contributed by atoms with van der Waals surface area (Å²) >= 11 is 5.85. The van der Waals surface area contributed by atoms with Gasteiger partial charge in [0.1, 0.15) is 0 Å². The number of piperidine rings is 1. The Morgan fingerprint density at radius 3 is 2.67 bits per heavy atom. The average molecular weight is 268 g/mol. The van der Waals surface area contributed by atoms with E-state index in [2.05, 4.69) is 4.90 Å². The number of hydrogen-bond donors (Lipinski definition) is 1. The first-order chi connectivity index (χ1) is 8.58. The number of carbonyl (C=O) groups is 1. The fraction of sp³-hybridized carbons (Fsp3) is 0.500. The molecule has 4 heteroatoms. The van der Waals surface area contributed by atoms with Crippen LogP contribution in [0.5, 0.6) is 0 Å². The predicted octanol–water partition coefficient (Wildman–Crippen LogP) is 2.85. The molecule has 3 nitrogen and oxygen atoms in total. The maximum absolute atomic E-state index is 11.5. The van der Waals surface area contributed by atoms with Gasteiger partial charge in [0.15, 0.2) is 0 Å². The van der Waals surface area contributed by atoms with Crippen LogP contribution in [0, 0.1) is 5.92 Å². The fourth-order valence-corrected chi connectivity index (χ4v) is 2.89. The predicted molar refractivity (Wildman–Crippen MR) is 72.0 cm³/mol. The highest BCUT2D eigenvalue weighted by Gasteiger charge is 2.32. The first-order valence-electron chi connectivity index (χ1n) is 6.24. The monoisotopic (exact) mass is 267 g/mol. The lowest BCUT2D eigenvalue weighted by molar-refractivity contribution is -0.140. The number of rotatable bonds is 3. The third kappa shape index (κ3) is 3.03. The Bertz CT molecular complexity index is 418. The molecule has 2 unspecified atom stereocenters. The third-order valence-corrected chi connectivity index (χ3v) is 3.88. The van der Waals surface area contributed by atoms with Crippen LogP contribution in [0.25, 0.3) is 0 Å². The molecular weight excluding hydrogens is 250 g/mol. The maximum atomic E-state index is 11.5. The molecule has 2 rings (SSSR count). The molecule has 0 amide bonds. The average Bonchev–Trinajstić information content (AvgIpc) is 2.32. The van der Waals surface area contributed by atoms with Crippen molar-refractivity contribution in [2.45, 2.75) is 18.8 Å². The zero-order valence-corrected chi connectivity index (χ0v) is 11.2. The molecule has 0 spiro atoms. The lowest BCUT2D eigenvalue weighted by Gasteiger charge is -2.33. The van der Waals surface area contributed by atoms with Crippen molar-refractivity contribution in [2.24, 2.45) is 5.92 Å². The third-order valence-electron chi connectivity index (χ3n) is 3.63. The van der Waals surface area contributed by atoms with Crippen molar-refractivity contribution in [3.8, 4) is 0 Å². The van der Waals surface area contributed by atoms with Crippen LogP contribution < -0.4 is 0 Å². The van der Waals surface area contributed by atoms with Crippen molar-refractivity contribution in [1.29, 1.82) is 0 Å². The number of aliphatic carboxylic acids is 1. The van der Waals surface area contributed by atoms with E-state index in [0.717, 1.165) is 31.5 Å². The Labute approximate surface area is 112 Å². The molecule has 1 saturated heterocycles. The molecule has 1 aromatic carbocycles. The Hall–Kier alpha value is -1.06. The van der Waals surface area contributed by atoms with E-state index in [9.17, 15) is 9.90 Å². The number of nitrogens with zero attached hydrogens (tertiary/aromatic N) is 1. The zero-order chi connectivity index (χ0) is 13.1. The van der Waals surface area contributed by atoms with Crippen LogP contribution in [0.1, 0.15) is 24.3 Å². The molecule has 0 radical (unpaired) electrons. The quantitative estimate of drug-likeness (QED) is 0.916. The summed E-state index contributed by atoms with van der Waals surface area (Å²) < 4.78 is 0. The summed E-state index contributed by atoms with van der Waals surface area (Å²) in [6, 6.07) is 7.18. The van der Waals surface area contributed by atoms with E-state index < -0.39 is 11.9 Å². The van der Waals surface area contributed by atoms with Gasteiger partial charge in [-0.15, -0.1) is 0 Å². The van der Waals surface area contributed by atoms with Crippen LogP contribution in [-0.4, -0.2) is 36.1 Å². The molecule has 0 bridgehead atoms. The molecule has 1 aliphatic heterocycles. The zero-order valence-electron chi connectivity index (χ0n) is 10.5. The summed E-state index contributed by atoms with van der Waals surface area (Å²) in [5.74, 6) is -0.981. The topological polar surface area (TPSA) is 40.5 Å². The molecule has 0 aliphatic carbocycles. The van der Waals surface area contributed by atoms with Gasteiger partial charge in [0, 0.05) is 11.6 Å². The molecule has 1 aliphatic rings. The van der Waals surface area contributed by atoms with Gasteiger partial charge in [-0.1, -0.05) is 23.7 Å². The molecule has 1 fully saturated rings. The first kappa shape index (κ1) is 13.4. The largest absolute Gasteiger partial charge is 0.481 e. The molecule has 2 atom stereocenters. The summed E-state index contributed by atoms with van der Waals surface area (Å²) in [5, 5.41) is 10.1. The van der Waals surface area contributed by atoms with E-state index in [1.54, 1.807) is 12.1 Å². The normalized spacial score (nSPS) is 22.7. The van der Waals surface area contributed by atoms with Crippen LogP contribution in [0.3, 0.4) is 0 Å². The van der Waals surface area contributed by atoms with Crippen LogP contribution in [0.2, 0.25) is 5.02 Å². The second-order valence-corrected chi connectivity index (χ2v) is 5.47. The number of benzene rings is 1. The number of carboxylic acid groups (broad SMARTS) is 1. The van der Waals surface area contributed by atoms with Crippen molar-refractivity contribution in [3.05, 3.63) is 34.9 Å². The molecule has 0 aromatic heterocycles. The van der Waals surface area contributed by atoms with Gasteiger partial charge in [0.25, 0.3) is 0 Å². The van der Waals surface area contributed by atoms with Gasteiger partial charge in [-0.25, -0.2) is 0 Å². The van der Waals surface area contributed by atoms with Crippen LogP contribution in [0.4, 0.5) is 0 Å². The van der Waals surface area contributed by atoms with Crippen molar-refractivity contribution >= 4 is 17.6 Å². The number of likely N-dealkylation sites (tertiary alicyclic amines) is 1. The van der Waals surface area contributed by atoms with Gasteiger partial charge < -0.3 is 10.0 Å². The molecule has 1 N–H and O–H groups in total. The Kier molecular flexibility index (Phi) is 4.25. The molecule has 18 heavy (non-hydrogen) atoms. The highest BCUT2D eigenvalue weighted by atomic mass is 35.5. The minimum atomic E-state index is -0.738. The Morgan fingerprint density at radius 1 is 1.44 bits per heavy atom. The molecule has 1 heterocycles. The smallest absolute Gasteiger partial charge is 0.311 e. The van der Waals surface area contributed by atoms with E-state index >= 15 is 0 Å². The van der Waals surface area contributed by atoms with Crippen molar-refractivity contribution in [1.82, 2.24) is 4.90 Å². The molecular formula is C14H18ClNO2. The van der Waals surface area contributed by atoms with Gasteiger partial charge in [-0.3, -0.25) is 4.79 Å². The second kappa shape index (κ2) is 5.72. The summed E-state index contributed by atoms with van der Waals surface area (Å²) in [6.45, 7) is 1.91. The first-order valence-corrected chi connectivity index (χ1v) is 6.62. The van der Waals surface area contributed by atoms with Crippen molar-refractivity contribution in [2.75, 3.05) is 20.1 Å². The van der Waals surface area contributed by atoms with Crippen LogP contribution in [-0.2, 0) is 4.79 Å². The number of halogens is 1. The highest BCUT2D eigenvalue weighted by molar-refractivity contribution is 6.30. The van der Waals surface area contributed by atoms with E-state index in [1.807, 2.05) is 19.2 Å². The van der Waals surface area contributed by atoms with E-state index in [1.165, 1.54) is 0 Å². The lowest BCUT2D eigenvalue weighted by Crippen LogP contribution is -2.37. The molecule has 1 aromatic rings. The van der Waals surface area contributed by atoms with Gasteiger partial charge in [0.2, 0.25) is 0 Å². The lowest BCUT2D eigenvalue weighted by atomic mass is 9.81. The van der Waals surface area contributed by atoms with E-state index in [4.69, 9.17) is 11.6 Å². The van der Waals surface area contributed by atoms with Gasteiger partial charge in [-0.2, -0.15) is 0 Å². The van der Waals surface area contributed by atoms with Crippen molar-refractivity contribution in [3.63, 3.8) is 0 Å². The van der Waals surface area contributed by atoms with Crippen LogP contribution in [0.15, 0.2) is 24.3 Å². The number of carboxylic acids is 1. The minimum absolute atomic E-state index is 0.183. The van der Waals surface area contributed by atoms with Crippen molar-refractivity contribution < 1.29 is 9.90 Å². The molecule has 0 saturated carbocycles. The number of hydrogen-bond acceptors (Lipinski definition) is 2. The SMILES string of the molecule is CN1CCCC(C(C(=O)O)c2ccc(Cl)cc2)C1. The Balaban J connectivity index is 2.22. The minimum Gasteiger partial charge on any atom is -0.481 e. The summed E-state index contributed by atoms with van der Waals surface area (Å²) in [5.41, 5.74) is 0.854. The van der Waals surface area contributed by atoms with Gasteiger partial charge in [0.05, 0.1) is 5.92 Å².